The maximum atomic E-state index is 6.04. The van der Waals surface area contributed by atoms with E-state index >= 15 is 0 Å². The molecule has 2 aromatic rings. The Balaban J connectivity index is 2.16. The van der Waals surface area contributed by atoms with Gasteiger partial charge < -0.3 is 5.32 Å². The normalized spacial score (nSPS) is 12.6. The number of halogens is 1. The van der Waals surface area contributed by atoms with Crippen LogP contribution in [0.15, 0.2) is 36.4 Å². The molecule has 1 aromatic carbocycles. The molecule has 1 atom stereocenters. The van der Waals surface area contributed by atoms with Crippen molar-refractivity contribution in [2.24, 2.45) is 0 Å². The lowest BCUT2D eigenvalue weighted by molar-refractivity contribution is 0.558. The highest BCUT2D eigenvalue weighted by Gasteiger charge is 2.13. The maximum Gasteiger partial charge on any atom is 0.0455 e. The van der Waals surface area contributed by atoms with Crippen molar-refractivity contribution < 1.29 is 0 Å². The van der Waals surface area contributed by atoms with E-state index in [2.05, 4.69) is 37.4 Å². The molecule has 0 saturated heterocycles. The third-order valence-corrected chi connectivity index (χ3v) is 4.23. The van der Waals surface area contributed by atoms with Crippen LogP contribution in [0.3, 0.4) is 0 Å². The molecule has 0 spiro atoms. The van der Waals surface area contributed by atoms with Crippen LogP contribution in [-0.2, 0) is 6.42 Å². The van der Waals surface area contributed by atoms with Gasteiger partial charge in [-0.15, -0.1) is 11.3 Å². The zero-order chi connectivity index (χ0) is 13.0. The molecule has 0 radical (unpaired) electrons. The number of rotatable bonds is 5. The molecule has 0 aliphatic carbocycles. The second-order valence-corrected chi connectivity index (χ2v) is 6.15. The van der Waals surface area contributed by atoms with Gasteiger partial charge in [-0.25, -0.2) is 0 Å². The summed E-state index contributed by atoms with van der Waals surface area (Å²) >= 11 is 7.90. The van der Waals surface area contributed by atoms with Crippen molar-refractivity contribution in [2.75, 3.05) is 6.54 Å². The summed E-state index contributed by atoms with van der Waals surface area (Å²) in [7, 11) is 0. The Morgan fingerprint density at radius 1 is 1.28 bits per heavy atom. The number of thiophene rings is 1. The summed E-state index contributed by atoms with van der Waals surface area (Å²) in [5.41, 5.74) is 1.28. The fourth-order valence-electron chi connectivity index (χ4n) is 2.06. The first-order valence-electron chi connectivity index (χ1n) is 6.23. The van der Waals surface area contributed by atoms with Gasteiger partial charge in [0, 0.05) is 20.8 Å². The summed E-state index contributed by atoms with van der Waals surface area (Å²) in [4.78, 5) is 2.76. The lowest BCUT2D eigenvalue weighted by Gasteiger charge is -2.16. The van der Waals surface area contributed by atoms with E-state index in [0.29, 0.717) is 6.04 Å². The zero-order valence-corrected chi connectivity index (χ0v) is 12.3. The number of aryl methyl sites for hydroxylation is 1. The molecule has 1 heterocycles. The van der Waals surface area contributed by atoms with Crippen molar-refractivity contribution in [3.05, 3.63) is 56.7 Å². The van der Waals surface area contributed by atoms with Crippen LogP contribution in [0, 0.1) is 6.92 Å². The van der Waals surface area contributed by atoms with E-state index in [0.717, 1.165) is 18.0 Å². The predicted octanol–water partition coefficient (Wildman–Crippen LogP) is 4.60. The van der Waals surface area contributed by atoms with E-state index in [-0.39, 0.29) is 0 Å². The third kappa shape index (κ3) is 3.58. The van der Waals surface area contributed by atoms with Gasteiger partial charge in [0.05, 0.1) is 0 Å². The molecule has 1 unspecified atom stereocenters. The minimum atomic E-state index is 0.382. The summed E-state index contributed by atoms with van der Waals surface area (Å²) in [5.74, 6) is 0. The molecule has 0 saturated carbocycles. The molecular weight excluding hydrogens is 262 g/mol. The SMILES string of the molecule is CCNC(Cc1cccc(Cl)c1)c1ccc(C)s1. The number of hydrogen-bond acceptors (Lipinski definition) is 2. The molecule has 96 valence electrons. The van der Waals surface area contributed by atoms with Gasteiger partial charge >= 0.3 is 0 Å². The molecule has 1 aromatic heterocycles. The van der Waals surface area contributed by atoms with Crippen LogP contribution >= 0.6 is 22.9 Å². The Morgan fingerprint density at radius 2 is 2.11 bits per heavy atom. The van der Waals surface area contributed by atoms with Crippen molar-refractivity contribution in [1.29, 1.82) is 0 Å². The highest BCUT2D eigenvalue weighted by Crippen LogP contribution is 2.26. The van der Waals surface area contributed by atoms with Gasteiger partial charge in [-0.1, -0.05) is 30.7 Å². The Hall–Kier alpha value is -0.830. The van der Waals surface area contributed by atoms with Crippen LogP contribution in [0.25, 0.3) is 0 Å². The van der Waals surface area contributed by atoms with E-state index in [1.807, 2.05) is 29.5 Å². The Morgan fingerprint density at radius 3 is 2.72 bits per heavy atom. The van der Waals surface area contributed by atoms with Gasteiger partial charge in [-0.05, 0) is 49.7 Å². The van der Waals surface area contributed by atoms with E-state index in [4.69, 9.17) is 11.6 Å². The molecule has 1 nitrogen and oxygen atoms in total. The Kier molecular flexibility index (Phi) is 4.81. The van der Waals surface area contributed by atoms with Gasteiger partial charge in [0.25, 0.3) is 0 Å². The number of hydrogen-bond donors (Lipinski definition) is 1. The van der Waals surface area contributed by atoms with Gasteiger partial charge in [0.1, 0.15) is 0 Å². The molecule has 2 rings (SSSR count). The van der Waals surface area contributed by atoms with Crippen LogP contribution < -0.4 is 5.32 Å². The summed E-state index contributed by atoms with van der Waals surface area (Å²) in [5, 5.41) is 4.36. The van der Waals surface area contributed by atoms with Crippen LogP contribution in [0.1, 0.15) is 28.3 Å². The first-order valence-corrected chi connectivity index (χ1v) is 7.42. The highest BCUT2D eigenvalue weighted by molar-refractivity contribution is 7.12. The lowest BCUT2D eigenvalue weighted by Crippen LogP contribution is -2.22. The smallest absolute Gasteiger partial charge is 0.0455 e. The molecule has 3 heteroatoms. The molecule has 0 aliphatic rings. The van der Waals surface area contributed by atoms with E-state index < -0.39 is 0 Å². The van der Waals surface area contributed by atoms with E-state index in [9.17, 15) is 0 Å². The molecule has 0 bridgehead atoms. The van der Waals surface area contributed by atoms with Crippen molar-refractivity contribution in [1.82, 2.24) is 5.32 Å². The average Bonchev–Trinajstić information content (AvgIpc) is 2.75. The van der Waals surface area contributed by atoms with Crippen molar-refractivity contribution in [2.45, 2.75) is 26.3 Å². The second-order valence-electron chi connectivity index (χ2n) is 4.39. The van der Waals surface area contributed by atoms with Gasteiger partial charge in [-0.2, -0.15) is 0 Å². The quantitative estimate of drug-likeness (QED) is 0.843. The van der Waals surface area contributed by atoms with E-state index in [1.165, 1.54) is 15.3 Å². The van der Waals surface area contributed by atoms with Gasteiger partial charge in [-0.3, -0.25) is 0 Å². The standard InChI is InChI=1S/C15H18ClNS/c1-3-17-14(15-8-7-11(2)18-15)10-12-5-4-6-13(16)9-12/h4-9,14,17H,3,10H2,1-2H3. The summed E-state index contributed by atoms with van der Waals surface area (Å²) < 4.78 is 0. The highest BCUT2D eigenvalue weighted by atomic mass is 35.5. The molecular formula is C15H18ClNS. The first-order chi connectivity index (χ1) is 8.69. The third-order valence-electron chi connectivity index (χ3n) is 2.88. The van der Waals surface area contributed by atoms with Gasteiger partial charge in [0.2, 0.25) is 0 Å². The van der Waals surface area contributed by atoms with Crippen LogP contribution in [0.2, 0.25) is 5.02 Å². The van der Waals surface area contributed by atoms with Gasteiger partial charge in [0.15, 0.2) is 0 Å². The second kappa shape index (κ2) is 6.37. The molecule has 18 heavy (non-hydrogen) atoms. The van der Waals surface area contributed by atoms with Crippen molar-refractivity contribution in [3.8, 4) is 0 Å². The first kappa shape index (κ1) is 13.6. The minimum absolute atomic E-state index is 0.382. The maximum absolute atomic E-state index is 6.04. The van der Waals surface area contributed by atoms with E-state index in [1.54, 1.807) is 0 Å². The fourth-order valence-corrected chi connectivity index (χ4v) is 3.23. The summed E-state index contributed by atoms with van der Waals surface area (Å²) in [6.45, 7) is 5.27. The number of likely N-dealkylation sites (N-methyl/N-ethyl adjacent to an activating group) is 1. The molecule has 0 aliphatic heterocycles. The zero-order valence-electron chi connectivity index (χ0n) is 10.7. The summed E-state index contributed by atoms with van der Waals surface area (Å²) in [6.07, 6.45) is 0.981. The molecule has 0 fully saturated rings. The monoisotopic (exact) mass is 279 g/mol. The Labute approximate surface area is 118 Å². The lowest BCUT2D eigenvalue weighted by atomic mass is 10.0. The average molecular weight is 280 g/mol. The largest absolute Gasteiger partial charge is 0.309 e. The number of benzene rings is 1. The molecule has 1 N–H and O–H groups in total. The number of nitrogens with one attached hydrogen (secondary N) is 1. The topological polar surface area (TPSA) is 12.0 Å². The van der Waals surface area contributed by atoms with Crippen LogP contribution in [0.4, 0.5) is 0 Å². The van der Waals surface area contributed by atoms with Crippen molar-refractivity contribution >= 4 is 22.9 Å². The minimum Gasteiger partial charge on any atom is -0.309 e. The summed E-state index contributed by atoms with van der Waals surface area (Å²) in [6, 6.07) is 12.9. The van der Waals surface area contributed by atoms with Crippen molar-refractivity contribution in [3.63, 3.8) is 0 Å². The van der Waals surface area contributed by atoms with Crippen LogP contribution in [0.5, 0.6) is 0 Å². The molecule has 0 amide bonds. The van der Waals surface area contributed by atoms with Crippen LogP contribution in [-0.4, -0.2) is 6.54 Å². The Bertz CT molecular complexity index is 507. The predicted molar refractivity (Wildman–Crippen MR) is 80.6 cm³/mol. The fraction of sp³-hybridized carbons (Fsp3) is 0.333.